The minimum absolute atomic E-state index is 0.0149. The maximum atomic E-state index is 13.2. The lowest BCUT2D eigenvalue weighted by molar-refractivity contribution is 0.0951. The standard InChI is InChI=1S/C18H20F2N2O4S/c1-26-15-6-3-13(4-7-15)12-22(27(2,24)25)10-9-21-18(23)14-5-8-16(19)17(20)11-14/h3-8,11H,9-10,12H2,1-2H3,(H,21,23). The van der Waals surface area contributed by atoms with E-state index in [1.54, 1.807) is 24.3 Å². The summed E-state index contributed by atoms with van der Waals surface area (Å²) in [6.07, 6.45) is 1.08. The monoisotopic (exact) mass is 398 g/mol. The lowest BCUT2D eigenvalue weighted by atomic mass is 10.2. The quantitative estimate of drug-likeness (QED) is 0.740. The molecule has 1 N–H and O–H groups in total. The number of ether oxygens (including phenoxy) is 1. The molecule has 146 valence electrons. The lowest BCUT2D eigenvalue weighted by Crippen LogP contribution is -2.37. The highest BCUT2D eigenvalue weighted by molar-refractivity contribution is 7.88. The molecule has 0 aliphatic carbocycles. The molecule has 0 aliphatic rings. The fraction of sp³-hybridized carbons (Fsp3) is 0.278. The predicted octanol–water partition coefficient (Wildman–Crippen LogP) is 2.17. The van der Waals surface area contributed by atoms with Gasteiger partial charge in [-0.2, -0.15) is 4.31 Å². The molecule has 0 heterocycles. The first-order chi connectivity index (χ1) is 12.7. The summed E-state index contributed by atoms with van der Waals surface area (Å²) in [5, 5.41) is 2.50. The molecule has 0 aliphatic heterocycles. The second kappa shape index (κ2) is 8.92. The Morgan fingerprint density at radius 2 is 1.78 bits per heavy atom. The molecule has 9 heteroatoms. The van der Waals surface area contributed by atoms with Crippen LogP contribution in [-0.4, -0.2) is 45.1 Å². The summed E-state index contributed by atoms with van der Waals surface area (Å²) in [5.74, 6) is -2.13. The van der Waals surface area contributed by atoms with E-state index < -0.39 is 27.6 Å². The van der Waals surface area contributed by atoms with Crippen molar-refractivity contribution < 1.29 is 26.7 Å². The summed E-state index contributed by atoms with van der Waals surface area (Å²) < 4.78 is 56.3. The number of methoxy groups -OCH3 is 1. The van der Waals surface area contributed by atoms with E-state index in [1.807, 2.05) is 0 Å². The fourth-order valence-electron chi connectivity index (χ4n) is 2.33. The number of benzene rings is 2. The average Bonchev–Trinajstić information content (AvgIpc) is 2.62. The van der Waals surface area contributed by atoms with E-state index in [4.69, 9.17) is 4.74 Å². The number of rotatable bonds is 8. The Morgan fingerprint density at radius 1 is 1.11 bits per heavy atom. The van der Waals surface area contributed by atoms with Gasteiger partial charge in [0.1, 0.15) is 5.75 Å². The van der Waals surface area contributed by atoms with E-state index in [1.165, 1.54) is 11.4 Å². The second-order valence-corrected chi connectivity index (χ2v) is 7.81. The molecule has 2 aromatic carbocycles. The SMILES string of the molecule is COc1ccc(CN(CCNC(=O)c2ccc(F)c(F)c2)S(C)(=O)=O)cc1. The molecule has 2 aromatic rings. The minimum atomic E-state index is -3.51. The van der Waals surface area contributed by atoms with Gasteiger partial charge < -0.3 is 10.1 Å². The fourth-order valence-corrected chi connectivity index (χ4v) is 3.14. The van der Waals surface area contributed by atoms with Crippen LogP contribution in [0.5, 0.6) is 5.75 Å². The minimum Gasteiger partial charge on any atom is -0.497 e. The molecule has 0 atom stereocenters. The molecule has 1 amide bonds. The summed E-state index contributed by atoms with van der Waals surface area (Å²) in [6, 6.07) is 9.74. The number of halogens is 2. The molecular formula is C18H20F2N2O4S. The Bertz CT molecular complexity index is 902. The van der Waals surface area contributed by atoms with Gasteiger partial charge in [0, 0.05) is 25.2 Å². The zero-order valence-corrected chi connectivity index (χ0v) is 15.7. The van der Waals surface area contributed by atoms with Crippen LogP contribution < -0.4 is 10.1 Å². The van der Waals surface area contributed by atoms with Crippen molar-refractivity contribution in [1.29, 1.82) is 0 Å². The van der Waals surface area contributed by atoms with E-state index in [0.29, 0.717) is 5.75 Å². The number of nitrogens with one attached hydrogen (secondary N) is 1. The zero-order chi connectivity index (χ0) is 20.0. The van der Waals surface area contributed by atoms with Gasteiger partial charge in [0.25, 0.3) is 5.91 Å². The highest BCUT2D eigenvalue weighted by Gasteiger charge is 2.17. The molecule has 27 heavy (non-hydrogen) atoms. The molecule has 2 rings (SSSR count). The predicted molar refractivity (Wildman–Crippen MR) is 96.9 cm³/mol. The molecule has 0 saturated carbocycles. The van der Waals surface area contributed by atoms with Crippen molar-refractivity contribution in [3.05, 3.63) is 65.2 Å². The van der Waals surface area contributed by atoms with Crippen molar-refractivity contribution in [3.63, 3.8) is 0 Å². The van der Waals surface area contributed by atoms with Crippen LogP contribution in [0.1, 0.15) is 15.9 Å². The maximum Gasteiger partial charge on any atom is 0.251 e. The highest BCUT2D eigenvalue weighted by atomic mass is 32.2. The molecule has 0 radical (unpaired) electrons. The van der Waals surface area contributed by atoms with Crippen LogP contribution in [0.3, 0.4) is 0 Å². The Morgan fingerprint density at radius 3 is 2.33 bits per heavy atom. The van der Waals surface area contributed by atoms with E-state index >= 15 is 0 Å². The Balaban J connectivity index is 1.97. The van der Waals surface area contributed by atoms with Crippen LogP contribution in [-0.2, 0) is 16.6 Å². The number of carbonyl (C=O) groups is 1. The first-order valence-corrected chi connectivity index (χ1v) is 9.87. The molecule has 0 bridgehead atoms. The Kier molecular flexibility index (Phi) is 6.86. The second-order valence-electron chi connectivity index (χ2n) is 5.83. The van der Waals surface area contributed by atoms with Crippen LogP contribution >= 0.6 is 0 Å². The average molecular weight is 398 g/mol. The van der Waals surface area contributed by atoms with Crippen molar-refractivity contribution in [2.45, 2.75) is 6.54 Å². The van der Waals surface area contributed by atoms with Gasteiger partial charge in [-0.15, -0.1) is 0 Å². The normalized spacial score (nSPS) is 11.4. The molecule has 0 aromatic heterocycles. The molecule has 0 saturated heterocycles. The summed E-state index contributed by atoms with van der Waals surface area (Å²) >= 11 is 0. The van der Waals surface area contributed by atoms with Gasteiger partial charge in [-0.25, -0.2) is 17.2 Å². The number of carbonyl (C=O) groups excluding carboxylic acids is 1. The number of sulfonamides is 1. The first-order valence-electron chi connectivity index (χ1n) is 8.02. The van der Waals surface area contributed by atoms with E-state index in [0.717, 1.165) is 30.0 Å². The number of hydrogen-bond acceptors (Lipinski definition) is 4. The van der Waals surface area contributed by atoms with Crippen LogP contribution in [0.15, 0.2) is 42.5 Å². The number of hydrogen-bond donors (Lipinski definition) is 1. The van der Waals surface area contributed by atoms with Crippen molar-refractivity contribution >= 4 is 15.9 Å². The Labute approximate surface area is 156 Å². The van der Waals surface area contributed by atoms with Crippen molar-refractivity contribution in [2.75, 3.05) is 26.5 Å². The van der Waals surface area contributed by atoms with Crippen LogP contribution in [0.25, 0.3) is 0 Å². The zero-order valence-electron chi connectivity index (χ0n) is 14.9. The maximum absolute atomic E-state index is 13.2. The van der Waals surface area contributed by atoms with Gasteiger partial charge >= 0.3 is 0 Å². The van der Waals surface area contributed by atoms with Gasteiger partial charge in [0.2, 0.25) is 10.0 Å². The largest absolute Gasteiger partial charge is 0.497 e. The molecule has 0 spiro atoms. The van der Waals surface area contributed by atoms with Crippen molar-refractivity contribution in [2.24, 2.45) is 0 Å². The summed E-state index contributed by atoms with van der Waals surface area (Å²) in [6.45, 7) is 0.172. The third-order valence-corrected chi connectivity index (χ3v) is 5.07. The van der Waals surface area contributed by atoms with Crippen LogP contribution in [0.4, 0.5) is 8.78 Å². The van der Waals surface area contributed by atoms with E-state index in [2.05, 4.69) is 5.32 Å². The number of nitrogens with zero attached hydrogens (tertiary/aromatic N) is 1. The summed E-state index contributed by atoms with van der Waals surface area (Å²) in [4.78, 5) is 12.0. The summed E-state index contributed by atoms with van der Waals surface area (Å²) in [5.41, 5.74) is 0.711. The van der Waals surface area contributed by atoms with Gasteiger partial charge in [0.15, 0.2) is 11.6 Å². The molecule has 0 unspecified atom stereocenters. The van der Waals surface area contributed by atoms with Gasteiger partial charge in [0.05, 0.1) is 13.4 Å². The summed E-state index contributed by atoms with van der Waals surface area (Å²) in [7, 11) is -1.98. The lowest BCUT2D eigenvalue weighted by Gasteiger charge is -2.20. The van der Waals surface area contributed by atoms with Gasteiger partial charge in [-0.3, -0.25) is 4.79 Å². The molecule has 0 fully saturated rings. The third-order valence-electron chi connectivity index (χ3n) is 3.82. The Hall–Kier alpha value is -2.52. The smallest absolute Gasteiger partial charge is 0.251 e. The van der Waals surface area contributed by atoms with Gasteiger partial charge in [-0.05, 0) is 35.9 Å². The van der Waals surface area contributed by atoms with Crippen LogP contribution in [0, 0.1) is 11.6 Å². The number of amides is 1. The van der Waals surface area contributed by atoms with Crippen LogP contribution in [0.2, 0.25) is 0 Å². The topological polar surface area (TPSA) is 75.7 Å². The van der Waals surface area contributed by atoms with Crippen molar-refractivity contribution in [1.82, 2.24) is 9.62 Å². The van der Waals surface area contributed by atoms with Crippen molar-refractivity contribution in [3.8, 4) is 5.75 Å². The van der Waals surface area contributed by atoms with Gasteiger partial charge in [-0.1, -0.05) is 12.1 Å². The molecule has 6 nitrogen and oxygen atoms in total. The van der Waals surface area contributed by atoms with E-state index in [9.17, 15) is 22.0 Å². The van der Waals surface area contributed by atoms with E-state index in [-0.39, 0.29) is 25.2 Å². The molecular weight excluding hydrogens is 378 g/mol. The first kappa shape index (κ1) is 20.8. The third kappa shape index (κ3) is 6.00. The highest BCUT2D eigenvalue weighted by Crippen LogP contribution is 2.14.